The van der Waals surface area contributed by atoms with E-state index in [1.807, 2.05) is 41.0 Å². The van der Waals surface area contributed by atoms with Crippen LogP contribution in [0.25, 0.3) is 21.8 Å². The van der Waals surface area contributed by atoms with Crippen LogP contribution in [0.15, 0.2) is 65.8 Å². The van der Waals surface area contributed by atoms with Crippen LogP contribution in [-0.2, 0) is 6.54 Å². The van der Waals surface area contributed by atoms with Crippen LogP contribution in [0.5, 0.6) is 5.75 Å². The van der Waals surface area contributed by atoms with E-state index in [2.05, 4.69) is 5.16 Å². The van der Waals surface area contributed by atoms with Crippen LogP contribution >= 0.6 is 23.2 Å². The Morgan fingerprint density at radius 3 is 2.07 bits per heavy atom. The first-order valence-corrected chi connectivity index (χ1v) is 9.76. The molecule has 3 aromatic carbocycles. The topological polar surface area (TPSA) is 67.0 Å². The van der Waals surface area contributed by atoms with Gasteiger partial charge in [0.15, 0.2) is 0 Å². The Kier molecular flexibility index (Phi) is 5.62. The molecule has 0 bridgehead atoms. The van der Waals surface area contributed by atoms with Crippen LogP contribution in [0.3, 0.4) is 0 Å². The molecule has 5 nitrogen and oxygen atoms in total. The summed E-state index contributed by atoms with van der Waals surface area (Å²) in [5.41, 5.74) is 2.69. The minimum atomic E-state index is -0.723. The van der Waals surface area contributed by atoms with Crippen LogP contribution in [0.4, 0.5) is 0 Å². The number of rotatable bonds is 6. The lowest BCUT2D eigenvalue weighted by Crippen LogP contribution is -2.23. The summed E-state index contributed by atoms with van der Waals surface area (Å²) in [6.07, 6.45) is 0.609. The van der Waals surface area contributed by atoms with Gasteiger partial charge < -0.3 is 19.6 Å². The molecule has 2 N–H and O–H groups in total. The number of ether oxygens (including phenoxy) is 1. The lowest BCUT2D eigenvalue weighted by Gasteiger charge is -2.15. The van der Waals surface area contributed by atoms with E-state index in [0.29, 0.717) is 22.3 Å². The maximum Gasteiger partial charge on any atom is 0.119 e. The summed E-state index contributed by atoms with van der Waals surface area (Å²) in [5, 5.41) is 25.4. The minimum absolute atomic E-state index is 0.135. The molecular weight excluding hydrogens is 411 g/mol. The molecule has 4 aromatic rings. The third kappa shape index (κ3) is 4.17. The summed E-state index contributed by atoms with van der Waals surface area (Å²) in [6.45, 7) is 0.494. The number of oxime groups is 1. The second kappa shape index (κ2) is 8.33. The van der Waals surface area contributed by atoms with E-state index >= 15 is 0 Å². The van der Waals surface area contributed by atoms with Gasteiger partial charge in [0.2, 0.25) is 0 Å². The van der Waals surface area contributed by atoms with Crippen LogP contribution in [0.2, 0.25) is 10.0 Å². The van der Waals surface area contributed by atoms with E-state index in [0.717, 1.165) is 27.4 Å². The minimum Gasteiger partial charge on any atom is -0.491 e. The Morgan fingerprint density at radius 2 is 1.52 bits per heavy atom. The SMILES string of the molecule is O/N=C\c1ccc(OC[C@@H](O)Cn2c3ccc(Cl)cc3c3cc(Cl)ccc32)cc1. The molecule has 0 saturated heterocycles. The van der Waals surface area contributed by atoms with Crippen LogP contribution in [0.1, 0.15) is 5.56 Å². The molecule has 0 spiro atoms. The van der Waals surface area contributed by atoms with Gasteiger partial charge in [-0.05, 0) is 66.2 Å². The summed E-state index contributed by atoms with van der Waals surface area (Å²) in [5.74, 6) is 0.625. The second-order valence-electron chi connectivity index (χ2n) is 6.71. The first-order chi connectivity index (χ1) is 14.0. The predicted molar refractivity (Wildman–Crippen MR) is 117 cm³/mol. The lowest BCUT2D eigenvalue weighted by atomic mass is 10.1. The van der Waals surface area contributed by atoms with Gasteiger partial charge in [-0.3, -0.25) is 0 Å². The summed E-state index contributed by atoms with van der Waals surface area (Å²) in [6, 6.07) is 18.4. The quantitative estimate of drug-likeness (QED) is 0.247. The Balaban J connectivity index is 1.56. The normalized spacial score (nSPS) is 12.8. The maximum atomic E-state index is 10.6. The fourth-order valence-electron chi connectivity index (χ4n) is 3.42. The number of benzene rings is 3. The average Bonchev–Trinajstić information content (AvgIpc) is 3.00. The summed E-state index contributed by atoms with van der Waals surface area (Å²) < 4.78 is 7.75. The Morgan fingerprint density at radius 1 is 0.931 bits per heavy atom. The van der Waals surface area contributed by atoms with Crippen molar-refractivity contribution in [1.29, 1.82) is 0 Å². The highest BCUT2D eigenvalue weighted by atomic mass is 35.5. The molecule has 0 aliphatic heterocycles. The maximum absolute atomic E-state index is 10.6. The van der Waals surface area contributed by atoms with Crippen molar-refractivity contribution in [2.45, 2.75) is 12.6 Å². The fraction of sp³-hybridized carbons (Fsp3) is 0.136. The highest BCUT2D eigenvalue weighted by molar-refractivity contribution is 6.33. The van der Waals surface area contributed by atoms with Crippen LogP contribution in [-0.4, -0.2) is 33.8 Å². The molecule has 0 aliphatic rings. The fourth-order valence-corrected chi connectivity index (χ4v) is 3.76. The zero-order valence-corrected chi connectivity index (χ0v) is 16.8. The zero-order chi connectivity index (χ0) is 20.4. The molecule has 1 heterocycles. The third-order valence-electron chi connectivity index (χ3n) is 4.71. The van der Waals surface area contributed by atoms with Gasteiger partial charge >= 0.3 is 0 Å². The lowest BCUT2D eigenvalue weighted by molar-refractivity contribution is 0.0945. The van der Waals surface area contributed by atoms with Gasteiger partial charge in [0.1, 0.15) is 18.5 Å². The Hall–Kier alpha value is -2.73. The monoisotopic (exact) mass is 428 g/mol. The molecule has 0 radical (unpaired) electrons. The number of hydrogen-bond donors (Lipinski definition) is 2. The summed E-state index contributed by atoms with van der Waals surface area (Å²) in [7, 11) is 0. The molecule has 0 amide bonds. The second-order valence-corrected chi connectivity index (χ2v) is 7.58. The Bertz CT molecular complexity index is 1130. The van der Waals surface area contributed by atoms with Crippen molar-refractivity contribution in [1.82, 2.24) is 4.57 Å². The van der Waals surface area contributed by atoms with E-state index in [1.54, 1.807) is 24.3 Å². The number of halogens is 2. The Labute approximate surface area is 177 Å². The molecular formula is C22H18Cl2N2O3. The van der Waals surface area contributed by atoms with Crippen molar-refractivity contribution in [3.63, 3.8) is 0 Å². The van der Waals surface area contributed by atoms with Crippen LogP contribution < -0.4 is 4.74 Å². The molecule has 1 aromatic heterocycles. The van der Waals surface area contributed by atoms with Crippen molar-refractivity contribution < 1.29 is 15.1 Å². The number of aliphatic hydroxyl groups excluding tert-OH is 1. The molecule has 7 heteroatoms. The van der Waals surface area contributed by atoms with Crippen molar-refractivity contribution in [3.05, 3.63) is 76.3 Å². The first kappa shape index (κ1) is 19.6. The molecule has 1 atom stereocenters. The highest BCUT2D eigenvalue weighted by Crippen LogP contribution is 2.33. The molecule has 0 saturated carbocycles. The van der Waals surface area contributed by atoms with Gasteiger partial charge in [0.25, 0.3) is 0 Å². The third-order valence-corrected chi connectivity index (χ3v) is 5.18. The number of nitrogens with zero attached hydrogens (tertiary/aromatic N) is 2. The van der Waals surface area contributed by atoms with E-state index in [1.165, 1.54) is 6.21 Å². The average molecular weight is 429 g/mol. The summed E-state index contributed by atoms with van der Waals surface area (Å²) in [4.78, 5) is 0. The highest BCUT2D eigenvalue weighted by Gasteiger charge is 2.15. The van der Waals surface area contributed by atoms with Crippen LogP contribution in [0, 0.1) is 0 Å². The van der Waals surface area contributed by atoms with E-state index in [9.17, 15) is 5.11 Å². The van der Waals surface area contributed by atoms with Gasteiger partial charge in [-0.2, -0.15) is 0 Å². The molecule has 0 aliphatic carbocycles. The first-order valence-electron chi connectivity index (χ1n) is 9.00. The standard InChI is InChI=1S/C22H18Cl2N2O3/c23-15-3-7-21-19(9-15)20-10-16(24)4-8-22(20)26(21)12-17(27)13-29-18-5-1-14(2-6-18)11-25-28/h1-11,17,27-28H,12-13H2/b25-11-/t17-/m0/s1. The number of aromatic nitrogens is 1. The molecule has 4 rings (SSSR count). The van der Waals surface area contributed by atoms with E-state index < -0.39 is 6.10 Å². The number of aliphatic hydroxyl groups is 1. The zero-order valence-electron chi connectivity index (χ0n) is 15.3. The number of hydrogen-bond acceptors (Lipinski definition) is 4. The van der Waals surface area contributed by atoms with E-state index in [4.69, 9.17) is 33.1 Å². The molecule has 0 unspecified atom stereocenters. The van der Waals surface area contributed by atoms with E-state index in [-0.39, 0.29) is 6.61 Å². The van der Waals surface area contributed by atoms with Crippen molar-refractivity contribution in [2.75, 3.05) is 6.61 Å². The van der Waals surface area contributed by atoms with Gasteiger partial charge in [-0.1, -0.05) is 28.4 Å². The van der Waals surface area contributed by atoms with Crippen molar-refractivity contribution >= 4 is 51.2 Å². The van der Waals surface area contributed by atoms with Crippen molar-refractivity contribution in [3.8, 4) is 5.75 Å². The van der Waals surface area contributed by atoms with Crippen molar-refractivity contribution in [2.24, 2.45) is 5.16 Å². The largest absolute Gasteiger partial charge is 0.491 e. The predicted octanol–water partition coefficient (Wildman–Crippen LogP) is 5.35. The van der Waals surface area contributed by atoms with Gasteiger partial charge in [0.05, 0.1) is 12.8 Å². The van der Waals surface area contributed by atoms with Gasteiger partial charge in [-0.15, -0.1) is 0 Å². The smallest absolute Gasteiger partial charge is 0.119 e. The molecule has 148 valence electrons. The number of fused-ring (bicyclic) bond motifs is 3. The molecule has 0 fully saturated rings. The van der Waals surface area contributed by atoms with Gasteiger partial charge in [0, 0.05) is 31.9 Å². The molecule has 29 heavy (non-hydrogen) atoms. The summed E-state index contributed by atoms with van der Waals surface area (Å²) >= 11 is 12.4. The van der Waals surface area contributed by atoms with Gasteiger partial charge in [-0.25, -0.2) is 0 Å².